The largest absolute Gasteiger partial charge is 0.366 e. The van der Waals surface area contributed by atoms with Crippen LogP contribution in [0.3, 0.4) is 0 Å². The minimum absolute atomic E-state index is 0.209. The molecule has 19 heavy (non-hydrogen) atoms. The van der Waals surface area contributed by atoms with Crippen LogP contribution in [0.25, 0.3) is 0 Å². The van der Waals surface area contributed by atoms with Gasteiger partial charge in [-0.3, -0.25) is 9.69 Å². The molecule has 2 atom stereocenters. The second kappa shape index (κ2) is 5.77. The molecule has 0 saturated carbocycles. The molecule has 108 valence electrons. The lowest BCUT2D eigenvalue weighted by atomic mass is 10.2. The molecule has 0 aliphatic carbocycles. The summed E-state index contributed by atoms with van der Waals surface area (Å²) in [6, 6.07) is 0.591. The van der Waals surface area contributed by atoms with Gasteiger partial charge in [0.25, 0.3) is 5.91 Å². The average molecular weight is 267 g/mol. The Labute approximate surface area is 115 Å². The number of likely N-dealkylation sites (N-methyl/N-ethyl adjacent to an activating group) is 1. The van der Waals surface area contributed by atoms with Crippen molar-refractivity contribution in [3.8, 4) is 0 Å². The van der Waals surface area contributed by atoms with E-state index in [9.17, 15) is 4.79 Å². The SMILES string of the molecule is CN1CCO[C@H](C(=O)N2CCCN3CCC[C@@H]3C2)C1. The van der Waals surface area contributed by atoms with Gasteiger partial charge in [-0.05, 0) is 32.9 Å². The highest BCUT2D eigenvalue weighted by atomic mass is 16.5. The summed E-state index contributed by atoms with van der Waals surface area (Å²) < 4.78 is 5.67. The number of hydrogen-bond donors (Lipinski definition) is 0. The van der Waals surface area contributed by atoms with Crippen LogP contribution in [0.15, 0.2) is 0 Å². The lowest BCUT2D eigenvalue weighted by Crippen LogP contribution is -2.51. The highest BCUT2D eigenvalue weighted by molar-refractivity contribution is 5.81. The van der Waals surface area contributed by atoms with Crippen LogP contribution < -0.4 is 0 Å². The number of rotatable bonds is 1. The molecule has 0 bridgehead atoms. The zero-order valence-corrected chi connectivity index (χ0v) is 11.9. The van der Waals surface area contributed by atoms with Crippen LogP contribution in [0, 0.1) is 0 Å². The molecule has 3 rings (SSSR count). The van der Waals surface area contributed by atoms with Crippen molar-refractivity contribution in [1.29, 1.82) is 0 Å². The number of carbonyl (C=O) groups is 1. The van der Waals surface area contributed by atoms with Gasteiger partial charge >= 0.3 is 0 Å². The third kappa shape index (κ3) is 2.93. The fraction of sp³-hybridized carbons (Fsp3) is 0.929. The minimum Gasteiger partial charge on any atom is -0.366 e. The number of hydrogen-bond acceptors (Lipinski definition) is 4. The summed E-state index contributed by atoms with van der Waals surface area (Å²) in [5.74, 6) is 0.209. The van der Waals surface area contributed by atoms with Crippen molar-refractivity contribution in [2.45, 2.75) is 31.4 Å². The van der Waals surface area contributed by atoms with E-state index in [-0.39, 0.29) is 12.0 Å². The first-order valence-electron chi connectivity index (χ1n) is 7.57. The number of ether oxygens (including phenoxy) is 1. The summed E-state index contributed by atoms with van der Waals surface area (Å²) in [5, 5.41) is 0. The van der Waals surface area contributed by atoms with E-state index in [0.717, 1.165) is 39.1 Å². The maximum atomic E-state index is 12.6. The number of fused-ring (bicyclic) bond motifs is 1. The highest BCUT2D eigenvalue weighted by Gasteiger charge is 2.34. The maximum Gasteiger partial charge on any atom is 0.253 e. The monoisotopic (exact) mass is 267 g/mol. The smallest absolute Gasteiger partial charge is 0.253 e. The summed E-state index contributed by atoms with van der Waals surface area (Å²) in [5.41, 5.74) is 0. The van der Waals surface area contributed by atoms with Gasteiger partial charge in [-0.1, -0.05) is 0 Å². The minimum atomic E-state index is -0.244. The van der Waals surface area contributed by atoms with Gasteiger partial charge in [0, 0.05) is 38.8 Å². The van der Waals surface area contributed by atoms with Crippen molar-refractivity contribution >= 4 is 5.91 Å². The van der Waals surface area contributed by atoms with Gasteiger partial charge in [0.05, 0.1) is 6.61 Å². The van der Waals surface area contributed by atoms with E-state index in [0.29, 0.717) is 12.6 Å². The molecule has 0 aromatic rings. The summed E-state index contributed by atoms with van der Waals surface area (Å²) >= 11 is 0. The lowest BCUT2D eigenvalue weighted by Gasteiger charge is -2.33. The molecule has 1 amide bonds. The molecule has 0 N–H and O–H groups in total. The fourth-order valence-corrected chi connectivity index (χ4v) is 3.54. The Bertz CT molecular complexity index is 337. The van der Waals surface area contributed by atoms with E-state index in [4.69, 9.17) is 4.74 Å². The van der Waals surface area contributed by atoms with Gasteiger partial charge in [0.2, 0.25) is 0 Å². The quantitative estimate of drug-likeness (QED) is 0.671. The van der Waals surface area contributed by atoms with Gasteiger partial charge in [-0.2, -0.15) is 0 Å². The fourth-order valence-electron chi connectivity index (χ4n) is 3.54. The molecular formula is C14H25N3O2. The Morgan fingerprint density at radius 3 is 2.79 bits per heavy atom. The molecule has 0 unspecified atom stereocenters. The molecule has 3 aliphatic rings. The summed E-state index contributed by atoms with van der Waals surface area (Å²) in [4.78, 5) is 19.4. The molecule has 0 aromatic carbocycles. The predicted octanol–water partition coefficient (Wildman–Crippen LogP) is 0.0137. The van der Waals surface area contributed by atoms with E-state index >= 15 is 0 Å². The van der Waals surface area contributed by atoms with Crippen molar-refractivity contribution < 1.29 is 9.53 Å². The zero-order chi connectivity index (χ0) is 13.2. The molecule has 0 spiro atoms. The number of amides is 1. The summed E-state index contributed by atoms with van der Waals surface area (Å²) in [6.45, 7) is 6.52. The Morgan fingerprint density at radius 2 is 1.95 bits per heavy atom. The van der Waals surface area contributed by atoms with Crippen LogP contribution in [0.5, 0.6) is 0 Å². The Balaban J connectivity index is 1.62. The second-order valence-corrected chi connectivity index (χ2v) is 6.09. The number of nitrogens with zero attached hydrogens (tertiary/aromatic N) is 3. The normalized spacial score (nSPS) is 34.1. The zero-order valence-electron chi connectivity index (χ0n) is 11.9. The van der Waals surface area contributed by atoms with Crippen molar-refractivity contribution in [2.24, 2.45) is 0 Å². The molecule has 3 fully saturated rings. The van der Waals surface area contributed by atoms with E-state index in [2.05, 4.69) is 21.7 Å². The van der Waals surface area contributed by atoms with Gasteiger partial charge < -0.3 is 14.5 Å². The lowest BCUT2D eigenvalue weighted by molar-refractivity contribution is -0.149. The van der Waals surface area contributed by atoms with Gasteiger partial charge in [0.1, 0.15) is 6.10 Å². The van der Waals surface area contributed by atoms with Crippen LogP contribution in [-0.2, 0) is 9.53 Å². The Morgan fingerprint density at radius 1 is 1.11 bits per heavy atom. The highest BCUT2D eigenvalue weighted by Crippen LogP contribution is 2.22. The van der Waals surface area contributed by atoms with Crippen LogP contribution >= 0.6 is 0 Å². The molecule has 3 heterocycles. The first-order valence-corrected chi connectivity index (χ1v) is 7.57. The Hall–Kier alpha value is -0.650. The van der Waals surface area contributed by atoms with Crippen LogP contribution in [0.4, 0.5) is 0 Å². The summed E-state index contributed by atoms with van der Waals surface area (Å²) in [7, 11) is 2.06. The van der Waals surface area contributed by atoms with Gasteiger partial charge in [-0.15, -0.1) is 0 Å². The van der Waals surface area contributed by atoms with Crippen molar-refractivity contribution in [1.82, 2.24) is 14.7 Å². The third-order valence-corrected chi connectivity index (χ3v) is 4.66. The second-order valence-electron chi connectivity index (χ2n) is 6.09. The van der Waals surface area contributed by atoms with Crippen LogP contribution in [0.2, 0.25) is 0 Å². The van der Waals surface area contributed by atoms with Crippen molar-refractivity contribution in [3.63, 3.8) is 0 Å². The standard InChI is InChI=1S/C14H25N3O2/c1-15-8-9-19-13(11-15)14(18)17-7-3-6-16-5-2-4-12(16)10-17/h12-13H,2-11H2,1H3/t12-,13+/m1/s1. The molecule has 3 saturated heterocycles. The predicted molar refractivity (Wildman–Crippen MR) is 73.0 cm³/mol. The topological polar surface area (TPSA) is 36.0 Å². The molecule has 5 heteroatoms. The number of morpholine rings is 1. The molecular weight excluding hydrogens is 242 g/mol. The van der Waals surface area contributed by atoms with Crippen molar-refractivity contribution in [3.05, 3.63) is 0 Å². The molecule has 5 nitrogen and oxygen atoms in total. The van der Waals surface area contributed by atoms with E-state index < -0.39 is 0 Å². The molecule has 0 aromatic heterocycles. The molecule has 3 aliphatic heterocycles. The Kier molecular flexibility index (Phi) is 4.05. The van der Waals surface area contributed by atoms with Crippen LogP contribution in [0.1, 0.15) is 19.3 Å². The van der Waals surface area contributed by atoms with E-state index in [1.54, 1.807) is 0 Å². The average Bonchev–Trinajstić information content (AvgIpc) is 2.75. The van der Waals surface area contributed by atoms with E-state index in [1.807, 2.05) is 0 Å². The molecule has 0 radical (unpaired) electrons. The maximum absolute atomic E-state index is 12.6. The van der Waals surface area contributed by atoms with Crippen LogP contribution in [-0.4, -0.2) is 85.7 Å². The number of carbonyl (C=O) groups excluding carboxylic acids is 1. The first-order chi connectivity index (χ1) is 9.24. The van der Waals surface area contributed by atoms with Gasteiger partial charge in [0.15, 0.2) is 0 Å². The first kappa shape index (κ1) is 13.3. The summed E-state index contributed by atoms with van der Waals surface area (Å²) in [6.07, 6.45) is 3.39. The third-order valence-electron chi connectivity index (χ3n) is 4.66. The van der Waals surface area contributed by atoms with Crippen molar-refractivity contribution in [2.75, 3.05) is 52.9 Å². The van der Waals surface area contributed by atoms with E-state index in [1.165, 1.54) is 19.4 Å². The van der Waals surface area contributed by atoms with Gasteiger partial charge in [-0.25, -0.2) is 0 Å².